The lowest BCUT2D eigenvalue weighted by molar-refractivity contribution is -0.123. The van der Waals surface area contributed by atoms with Crippen molar-refractivity contribution in [2.75, 3.05) is 0 Å². The van der Waals surface area contributed by atoms with Gasteiger partial charge in [-0.1, -0.05) is 0 Å². The standard InChI is InChI=1S/C12H12F2N2O3/c13-12(14)19-9-5-3-8(4-6-9)11(18)16-15-10(17)7-1-2-7/h3-7,12H,1-2H2,(H,15,17)(H,16,18). The van der Waals surface area contributed by atoms with E-state index in [4.69, 9.17) is 0 Å². The van der Waals surface area contributed by atoms with Crippen LogP contribution in [0.3, 0.4) is 0 Å². The minimum absolute atomic E-state index is 0.0119. The third-order valence-electron chi connectivity index (χ3n) is 2.59. The molecule has 1 aliphatic rings. The zero-order chi connectivity index (χ0) is 13.8. The highest BCUT2D eigenvalue weighted by Crippen LogP contribution is 2.28. The maximum atomic E-state index is 11.9. The number of hydrogen-bond acceptors (Lipinski definition) is 3. The fourth-order valence-electron chi connectivity index (χ4n) is 1.43. The van der Waals surface area contributed by atoms with Gasteiger partial charge < -0.3 is 4.74 Å². The van der Waals surface area contributed by atoms with Crippen molar-refractivity contribution in [1.82, 2.24) is 10.9 Å². The van der Waals surface area contributed by atoms with Crippen LogP contribution >= 0.6 is 0 Å². The number of hydrazine groups is 1. The van der Waals surface area contributed by atoms with Crippen molar-refractivity contribution in [3.05, 3.63) is 29.8 Å². The molecular formula is C12H12F2N2O3. The van der Waals surface area contributed by atoms with Gasteiger partial charge in [-0.25, -0.2) is 0 Å². The average Bonchev–Trinajstić information content (AvgIpc) is 3.20. The van der Waals surface area contributed by atoms with Gasteiger partial charge in [0.05, 0.1) is 0 Å². The molecule has 0 unspecified atom stereocenters. The van der Waals surface area contributed by atoms with Crippen molar-refractivity contribution in [2.45, 2.75) is 19.5 Å². The van der Waals surface area contributed by atoms with Gasteiger partial charge in [0.2, 0.25) is 5.91 Å². The molecule has 7 heteroatoms. The molecular weight excluding hydrogens is 258 g/mol. The van der Waals surface area contributed by atoms with Gasteiger partial charge in [0, 0.05) is 11.5 Å². The number of nitrogens with one attached hydrogen (secondary N) is 2. The predicted molar refractivity (Wildman–Crippen MR) is 61.4 cm³/mol. The molecule has 1 aromatic rings. The Kier molecular flexibility index (Phi) is 3.94. The molecule has 0 bridgehead atoms. The average molecular weight is 270 g/mol. The van der Waals surface area contributed by atoms with Gasteiger partial charge in [-0.2, -0.15) is 8.78 Å². The Bertz CT molecular complexity index is 472. The van der Waals surface area contributed by atoms with E-state index in [9.17, 15) is 18.4 Å². The Labute approximate surface area is 107 Å². The van der Waals surface area contributed by atoms with Crippen LogP contribution in [-0.4, -0.2) is 18.4 Å². The molecule has 0 radical (unpaired) electrons. The molecule has 0 spiro atoms. The maximum absolute atomic E-state index is 11.9. The van der Waals surface area contributed by atoms with E-state index in [1.807, 2.05) is 0 Å². The number of ether oxygens (including phenoxy) is 1. The molecule has 2 amide bonds. The van der Waals surface area contributed by atoms with E-state index in [2.05, 4.69) is 15.6 Å². The minimum atomic E-state index is -2.91. The summed E-state index contributed by atoms with van der Waals surface area (Å²) in [5.74, 6) is -0.778. The third-order valence-corrected chi connectivity index (χ3v) is 2.59. The molecule has 19 heavy (non-hydrogen) atoms. The Hall–Kier alpha value is -2.18. The number of hydrogen-bond donors (Lipinski definition) is 2. The summed E-state index contributed by atoms with van der Waals surface area (Å²) >= 11 is 0. The number of halogens is 2. The molecule has 0 heterocycles. The normalized spacial score (nSPS) is 14.1. The first kappa shape index (κ1) is 13.3. The summed E-state index contributed by atoms with van der Waals surface area (Å²) in [5.41, 5.74) is 4.79. The lowest BCUT2D eigenvalue weighted by Gasteiger charge is -2.08. The van der Waals surface area contributed by atoms with E-state index in [1.54, 1.807) is 0 Å². The van der Waals surface area contributed by atoms with Crippen LogP contribution < -0.4 is 15.6 Å². The van der Waals surface area contributed by atoms with Crippen LogP contribution in [0.1, 0.15) is 23.2 Å². The number of rotatable bonds is 4. The number of carbonyl (C=O) groups is 2. The van der Waals surface area contributed by atoms with Gasteiger partial charge in [-0.3, -0.25) is 20.4 Å². The molecule has 1 fully saturated rings. The quantitative estimate of drug-likeness (QED) is 0.814. The molecule has 5 nitrogen and oxygen atoms in total. The lowest BCUT2D eigenvalue weighted by Crippen LogP contribution is -2.42. The summed E-state index contributed by atoms with van der Waals surface area (Å²) in [6.07, 6.45) is 1.67. The van der Waals surface area contributed by atoms with Crippen molar-refractivity contribution < 1.29 is 23.1 Å². The van der Waals surface area contributed by atoms with Crippen LogP contribution in [0, 0.1) is 5.92 Å². The van der Waals surface area contributed by atoms with Gasteiger partial charge in [0.1, 0.15) is 5.75 Å². The topological polar surface area (TPSA) is 67.4 Å². The summed E-state index contributed by atoms with van der Waals surface area (Å²) in [6.45, 7) is -2.91. The molecule has 1 aromatic carbocycles. The molecule has 2 rings (SSSR count). The molecule has 102 valence electrons. The fourth-order valence-corrected chi connectivity index (χ4v) is 1.43. The Balaban J connectivity index is 1.86. The van der Waals surface area contributed by atoms with Crippen LogP contribution in [-0.2, 0) is 4.79 Å². The molecule has 0 aliphatic heterocycles. The number of carbonyl (C=O) groups excluding carboxylic acids is 2. The summed E-state index contributed by atoms with van der Waals surface area (Å²) in [7, 11) is 0. The van der Waals surface area contributed by atoms with Crippen LogP contribution in [0.4, 0.5) is 8.78 Å². The monoisotopic (exact) mass is 270 g/mol. The van der Waals surface area contributed by atoms with Crippen LogP contribution in [0.15, 0.2) is 24.3 Å². The molecule has 0 aromatic heterocycles. The van der Waals surface area contributed by atoms with E-state index in [-0.39, 0.29) is 23.1 Å². The summed E-state index contributed by atoms with van der Waals surface area (Å²) in [6, 6.07) is 5.17. The highest BCUT2D eigenvalue weighted by molar-refractivity contribution is 5.95. The lowest BCUT2D eigenvalue weighted by atomic mass is 10.2. The zero-order valence-electron chi connectivity index (χ0n) is 9.86. The molecule has 0 atom stereocenters. The van der Waals surface area contributed by atoms with Crippen LogP contribution in [0.25, 0.3) is 0 Å². The number of benzene rings is 1. The van der Waals surface area contributed by atoms with Crippen LogP contribution in [0.5, 0.6) is 5.75 Å². The molecule has 1 saturated carbocycles. The van der Waals surface area contributed by atoms with Gasteiger partial charge >= 0.3 is 6.61 Å². The largest absolute Gasteiger partial charge is 0.435 e. The SMILES string of the molecule is O=C(NNC(=O)C1CC1)c1ccc(OC(F)F)cc1. The summed E-state index contributed by atoms with van der Waals surface area (Å²) in [4.78, 5) is 22.9. The highest BCUT2D eigenvalue weighted by Gasteiger charge is 2.29. The van der Waals surface area contributed by atoms with Gasteiger partial charge in [-0.05, 0) is 37.1 Å². The van der Waals surface area contributed by atoms with Crippen molar-refractivity contribution in [3.8, 4) is 5.75 Å². The number of alkyl halides is 2. The van der Waals surface area contributed by atoms with Crippen molar-refractivity contribution in [2.24, 2.45) is 5.92 Å². The highest BCUT2D eigenvalue weighted by atomic mass is 19.3. The van der Waals surface area contributed by atoms with Crippen LogP contribution in [0.2, 0.25) is 0 Å². The van der Waals surface area contributed by atoms with E-state index in [1.165, 1.54) is 24.3 Å². The Morgan fingerprint density at radius 1 is 1.16 bits per heavy atom. The first-order chi connectivity index (χ1) is 9.06. The van der Waals surface area contributed by atoms with Gasteiger partial charge in [0.25, 0.3) is 5.91 Å². The van der Waals surface area contributed by atoms with E-state index in [0.29, 0.717) is 0 Å². The van der Waals surface area contributed by atoms with E-state index in [0.717, 1.165) is 12.8 Å². The second-order valence-corrected chi connectivity index (χ2v) is 4.12. The summed E-state index contributed by atoms with van der Waals surface area (Å²) < 4.78 is 28.0. The van der Waals surface area contributed by atoms with Gasteiger partial charge in [0.15, 0.2) is 0 Å². The second-order valence-electron chi connectivity index (χ2n) is 4.12. The second kappa shape index (κ2) is 5.64. The molecule has 0 saturated heterocycles. The summed E-state index contributed by atoms with van der Waals surface area (Å²) in [5, 5.41) is 0. The smallest absolute Gasteiger partial charge is 0.387 e. The van der Waals surface area contributed by atoms with E-state index < -0.39 is 12.5 Å². The number of amides is 2. The first-order valence-corrected chi connectivity index (χ1v) is 5.71. The molecule has 2 N–H and O–H groups in total. The van der Waals surface area contributed by atoms with E-state index >= 15 is 0 Å². The van der Waals surface area contributed by atoms with Gasteiger partial charge in [-0.15, -0.1) is 0 Å². The maximum Gasteiger partial charge on any atom is 0.387 e. The third kappa shape index (κ3) is 3.90. The minimum Gasteiger partial charge on any atom is -0.435 e. The molecule has 1 aliphatic carbocycles. The Morgan fingerprint density at radius 2 is 1.79 bits per heavy atom. The van der Waals surface area contributed by atoms with Crippen molar-refractivity contribution >= 4 is 11.8 Å². The zero-order valence-corrected chi connectivity index (χ0v) is 9.86. The Morgan fingerprint density at radius 3 is 2.32 bits per heavy atom. The van der Waals surface area contributed by atoms with Crippen molar-refractivity contribution in [3.63, 3.8) is 0 Å². The van der Waals surface area contributed by atoms with Crippen molar-refractivity contribution in [1.29, 1.82) is 0 Å². The predicted octanol–water partition coefficient (Wildman–Crippen LogP) is 1.46. The first-order valence-electron chi connectivity index (χ1n) is 5.71. The fraction of sp³-hybridized carbons (Fsp3) is 0.333.